The van der Waals surface area contributed by atoms with E-state index in [9.17, 15) is 9.18 Å². The minimum absolute atomic E-state index is 0.0331. The smallest absolute Gasteiger partial charge is 0.270 e. The van der Waals surface area contributed by atoms with E-state index in [4.69, 9.17) is 0 Å². The zero-order chi connectivity index (χ0) is 17.9. The SMILES string of the molecule is O=C(c1cc(-c2ccc(F)cc2)c[nH]1)N1CCS[C@H](c2cccs2)CC1. The highest BCUT2D eigenvalue weighted by molar-refractivity contribution is 7.99. The molecule has 0 saturated carbocycles. The van der Waals surface area contributed by atoms with Crippen LogP contribution in [0.2, 0.25) is 0 Å². The van der Waals surface area contributed by atoms with Gasteiger partial charge in [-0.3, -0.25) is 4.79 Å². The number of nitrogens with zero attached hydrogens (tertiary/aromatic N) is 1. The molecule has 1 aliphatic heterocycles. The van der Waals surface area contributed by atoms with Gasteiger partial charge in [-0.1, -0.05) is 18.2 Å². The number of aromatic nitrogens is 1. The number of thioether (sulfide) groups is 1. The molecule has 1 amide bonds. The van der Waals surface area contributed by atoms with Gasteiger partial charge in [-0.05, 0) is 47.2 Å². The first kappa shape index (κ1) is 17.4. The summed E-state index contributed by atoms with van der Waals surface area (Å²) in [6.45, 7) is 1.52. The number of hydrogen-bond acceptors (Lipinski definition) is 3. The second-order valence-corrected chi connectivity index (χ2v) is 8.55. The molecular formula is C20H19FN2OS2. The lowest BCUT2D eigenvalue weighted by atomic mass is 10.1. The van der Waals surface area contributed by atoms with Crippen LogP contribution in [0.25, 0.3) is 11.1 Å². The molecule has 2 aromatic heterocycles. The number of rotatable bonds is 3. The van der Waals surface area contributed by atoms with E-state index in [1.165, 1.54) is 17.0 Å². The van der Waals surface area contributed by atoms with Crippen molar-refractivity contribution in [1.29, 1.82) is 0 Å². The van der Waals surface area contributed by atoms with E-state index in [0.29, 0.717) is 10.9 Å². The molecule has 0 aliphatic carbocycles. The Labute approximate surface area is 160 Å². The quantitative estimate of drug-likeness (QED) is 0.671. The Morgan fingerprint density at radius 1 is 1.15 bits per heavy atom. The highest BCUT2D eigenvalue weighted by atomic mass is 32.2. The molecule has 6 heteroatoms. The number of nitrogens with one attached hydrogen (secondary N) is 1. The van der Waals surface area contributed by atoms with Gasteiger partial charge in [-0.15, -0.1) is 11.3 Å². The number of aromatic amines is 1. The molecule has 1 saturated heterocycles. The topological polar surface area (TPSA) is 36.1 Å². The van der Waals surface area contributed by atoms with E-state index < -0.39 is 0 Å². The molecule has 1 aliphatic rings. The van der Waals surface area contributed by atoms with Crippen LogP contribution in [0.15, 0.2) is 54.0 Å². The molecule has 0 radical (unpaired) electrons. The normalized spacial score (nSPS) is 17.9. The maximum Gasteiger partial charge on any atom is 0.270 e. The average Bonchev–Trinajstić information content (AvgIpc) is 3.30. The summed E-state index contributed by atoms with van der Waals surface area (Å²) < 4.78 is 13.1. The van der Waals surface area contributed by atoms with Crippen molar-refractivity contribution in [2.45, 2.75) is 11.7 Å². The monoisotopic (exact) mass is 386 g/mol. The molecule has 134 valence electrons. The highest BCUT2D eigenvalue weighted by Crippen LogP contribution is 2.37. The van der Waals surface area contributed by atoms with Gasteiger partial charge in [0.15, 0.2) is 0 Å². The van der Waals surface area contributed by atoms with E-state index in [-0.39, 0.29) is 11.7 Å². The molecule has 1 aromatic carbocycles. The second-order valence-electron chi connectivity index (χ2n) is 6.26. The summed E-state index contributed by atoms with van der Waals surface area (Å²) in [5.41, 5.74) is 2.38. The summed E-state index contributed by atoms with van der Waals surface area (Å²) in [5, 5.41) is 2.59. The summed E-state index contributed by atoms with van der Waals surface area (Å²) in [6, 6.07) is 12.4. The van der Waals surface area contributed by atoms with Gasteiger partial charge in [0.2, 0.25) is 0 Å². The van der Waals surface area contributed by atoms with Gasteiger partial charge in [-0.2, -0.15) is 11.8 Å². The van der Waals surface area contributed by atoms with Crippen LogP contribution in [0, 0.1) is 5.82 Å². The standard InChI is InChI=1S/C20H19FN2OS2/c21-16-5-3-14(4-6-16)15-12-17(22-13-15)20(24)23-8-7-19(26-11-9-23)18-2-1-10-25-18/h1-6,10,12-13,19,22H,7-9,11H2/t19-/m0/s1. The van der Waals surface area contributed by atoms with Crippen molar-refractivity contribution in [2.24, 2.45) is 0 Å². The summed E-state index contributed by atoms with van der Waals surface area (Å²) >= 11 is 3.72. The molecule has 0 spiro atoms. The molecule has 1 atom stereocenters. The first-order valence-corrected chi connectivity index (χ1v) is 10.5. The highest BCUT2D eigenvalue weighted by Gasteiger charge is 2.24. The molecule has 1 N–H and O–H groups in total. The van der Waals surface area contributed by atoms with Crippen molar-refractivity contribution in [2.75, 3.05) is 18.8 Å². The number of H-pyrrole nitrogens is 1. The summed E-state index contributed by atoms with van der Waals surface area (Å²) in [6.07, 6.45) is 2.78. The van der Waals surface area contributed by atoms with Gasteiger partial charge in [-0.25, -0.2) is 4.39 Å². The van der Waals surface area contributed by atoms with Gasteiger partial charge < -0.3 is 9.88 Å². The fraction of sp³-hybridized carbons (Fsp3) is 0.250. The van der Waals surface area contributed by atoms with Gasteiger partial charge >= 0.3 is 0 Å². The lowest BCUT2D eigenvalue weighted by molar-refractivity contribution is 0.0761. The fourth-order valence-electron chi connectivity index (χ4n) is 3.17. The first-order chi connectivity index (χ1) is 12.7. The molecule has 0 unspecified atom stereocenters. The lowest BCUT2D eigenvalue weighted by Gasteiger charge is -2.19. The third-order valence-corrected chi connectivity index (χ3v) is 7.03. The van der Waals surface area contributed by atoms with Gasteiger partial charge in [0.1, 0.15) is 11.5 Å². The predicted molar refractivity (Wildman–Crippen MR) is 106 cm³/mol. The van der Waals surface area contributed by atoms with Gasteiger partial charge in [0.05, 0.1) is 0 Å². The van der Waals surface area contributed by atoms with Crippen LogP contribution >= 0.6 is 23.1 Å². The van der Waals surface area contributed by atoms with Crippen molar-refractivity contribution in [3.05, 3.63) is 70.4 Å². The van der Waals surface area contributed by atoms with Crippen LogP contribution in [0.3, 0.4) is 0 Å². The average molecular weight is 387 g/mol. The van der Waals surface area contributed by atoms with E-state index in [1.54, 1.807) is 23.5 Å². The van der Waals surface area contributed by atoms with E-state index in [1.807, 2.05) is 28.9 Å². The van der Waals surface area contributed by atoms with E-state index in [2.05, 4.69) is 22.5 Å². The number of amides is 1. The van der Waals surface area contributed by atoms with Crippen molar-refractivity contribution < 1.29 is 9.18 Å². The van der Waals surface area contributed by atoms with Crippen molar-refractivity contribution in [1.82, 2.24) is 9.88 Å². The Balaban J connectivity index is 1.45. The zero-order valence-corrected chi connectivity index (χ0v) is 15.8. The van der Waals surface area contributed by atoms with E-state index >= 15 is 0 Å². The number of thiophene rings is 1. The molecule has 3 nitrogen and oxygen atoms in total. The van der Waals surface area contributed by atoms with Crippen molar-refractivity contribution in [3.8, 4) is 11.1 Å². The predicted octanol–water partition coefficient (Wildman–Crippen LogP) is 5.20. The molecule has 1 fully saturated rings. The zero-order valence-electron chi connectivity index (χ0n) is 14.2. The lowest BCUT2D eigenvalue weighted by Crippen LogP contribution is -2.33. The summed E-state index contributed by atoms with van der Waals surface area (Å²) in [5.74, 6) is 0.716. The molecule has 26 heavy (non-hydrogen) atoms. The molecule has 3 aromatic rings. The van der Waals surface area contributed by atoms with Crippen LogP contribution in [0.5, 0.6) is 0 Å². The Bertz CT molecular complexity index is 874. The van der Waals surface area contributed by atoms with Crippen molar-refractivity contribution >= 4 is 29.0 Å². The number of hydrogen-bond donors (Lipinski definition) is 1. The number of benzene rings is 1. The van der Waals surface area contributed by atoms with Crippen LogP contribution in [0.1, 0.15) is 27.0 Å². The van der Waals surface area contributed by atoms with Gasteiger partial charge in [0.25, 0.3) is 5.91 Å². The minimum Gasteiger partial charge on any atom is -0.357 e. The molecule has 4 rings (SSSR count). The second kappa shape index (κ2) is 7.68. The number of carbonyl (C=O) groups is 1. The van der Waals surface area contributed by atoms with E-state index in [0.717, 1.165) is 36.4 Å². The molecular weight excluding hydrogens is 367 g/mol. The third kappa shape index (κ3) is 3.71. The summed E-state index contributed by atoms with van der Waals surface area (Å²) in [4.78, 5) is 19.3. The van der Waals surface area contributed by atoms with Crippen LogP contribution < -0.4 is 0 Å². The number of halogens is 1. The number of carbonyl (C=O) groups excluding carboxylic acids is 1. The Morgan fingerprint density at radius 3 is 2.77 bits per heavy atom. The Morgan fingerprint density at radius 2 is 2.00 bits per heavy atom. The minimum atomic E-state index is -0.261. The largest absolute Gasteiger partial charge is 0.357 e. The van der Waals surface area contributed by atoms with Crippen LogP contribution in [-0.4, -0.2) is 34.6 Å². The Hall–Kier alpha value is -2.05. The van der Waals surface area contributed by atoms with Gasteiger partial charge in [0, 0.05) is 35.2 Å². The van der Waals surface area contributed by atoms with Crippen LogP contribution in [-0.2, 0) is 0 Å². The Kier molecular flexibility index (Phi) is 5.13. The third-order valence-electron chi connectivity index (χ3n) is 4.58. The maximum atomic E-state index is 13.1. The van der Waals surface area contributed by atoms with Crippen LogP contribution in [0.4, 0.5) is 4.39 Å². The fourth-order valence-corrected chi connectivity index (χ4v) is 5.41. The first-order valence-electron chi connectivity index (χ1n) is 8.59. The molecule has 0 bridgehead atoms. The summed E-state index contributed by atoms with van der Waals surface area (Å²) in [7, 11) is 0. The van der Waals surface area contributed by atoms with Crippen molar-refractivity contribution in [3.63, 3.8) is 0 Å². The maximum absolute atomic E-state index is 13.1. The molecule has 3 heterocycles.